The quantitative estimate of drug-likeness (QED) is 0.448. The summed E-state index contributed by atoms with van der Waals surface area (Å²) in [5.41, 5.74) is 2.12. The number of hydrogen-bond donors (Lipinski definition) is 2. The Labute approximate surface area is 189 Å². The maximum absolute atomic E-state index is 12.5. The molecule has 0 saturated heterocycles. The number of benzene rings is 2. The highest BCUT2D eigenvalue weighted by Gasteiger charge is 2.21. The molecule has 32 heavy (non-hydrogen) atoms. The Bertz CT molecular complexity index is 989. The predicted octanol–water partition coefficient (Wildman–Crippen LogP) is 3.61. The lowest BCUT2D eigenvalue weighted by Crippen LogP contribution is -2.24. The van der Waals surface area contributed by atoms with Crippen LogP contribution >= 0.6 is 0 Å². The van der Waals surface area contributed by atoms with Gasteiger partial charge in [0, 0.05) is 6.54 Å². The van der Waals surface area contributed by atoms with E-state index in [0.717, 1.165) is 24.1 Å². The molecule has 0 saturated carbocycles. The number of carboxylic acids is 2. The van der Waals surface area contributed by atoms with E-state index in [0.29, 0.717) is 17.6 Å². The minimum Gasteiger partial charge on any atom is -0.473 e. The Hall–Kier alpha value is -2.91. The Kier molecular flexibility index (Phi) is 10.3. The van der Waals surface area contributed by atoms with Gasteiger partial charge in [0.05, 0.1) is 0 Å². The molecule has 0 aliphatic carbocycles. The van der Waals surface area contributed by atoms with E-state index in [2.05, 4.69) is 32.8 Å². The minimum absolute atomic E-state index is 0.168. The summed E-state index contributed by atoms with van der Waals surface area (Å²) in [6, 6.07) is 14.1. The fraction of sp³-hybridized carbons (Fsp3) is 0.391. The van der Waals surface area contributed by atoms with E-state index in [9.17, 15) is 8.42 Å². The molecule has 0 aromatic heterocycles. The first-order valence-electron chi connectivity index (χ1n) is 10.1. The second-order valence-corrected chi connectivity index (χ2v) is 9.33. The highest BCUT2D eigenvalue weighted by molar-refractivity contribution is 7.87. The first-order valence-corrected chi connectivity index (χ1v) is 11.5. The van der Waals surface area contributed by atoms with Crippen LogP contribution < -0.4 is 4.18 Å². The van der Waals surface area contributed by atoms with Gasteiger partial charge >= 0.3 is 22.1 Å². The molecule has 0 heterocycles. The molecule has 2 rings (SSSR count). The van der Waals surface area contributed by atoms with E-state index >= 15 is 0 Å². The fourth-order valence-corrected chi connectivity index (χ4v) is 4.27. The van der Waals surface area contributed by atoms with Crippen molar-refractivity contribution >= 4 is 22.1 Å². The first-order chi connectivity index (χ1) is 14.9. The smallest absolute Gasteiger partial charge is 0.414 e. The zero-order valence-corrected chi connectivity index (χ0v) is 19.8. The van der Waals surface area contributed by atoms with Crippen molar-refractivity contribution in [3.05, 3.63) is 59.7 Å². The van der Waals surface area contributed by atoms with Crippen LogP contribution in [0.4, 0.5) is 0 Å². The van der Waals surface area contributed by atoms with E-state index < -0.39 is 22.1 Å². The van der Waals surface area contributed by atoms with Crippen LogP contribution in [0.15, 0.2) is 53.4 Å². The van der Waals surface area contributed by atoms with Gasteiger partial charge in [-0.1, -0.05) is 43.7 Å². The normalized spacial score (nSPS) is 12.9. The summed E-state index contributed by atoms with van der Waals surface area (Å²) < 4.78 is 30.4. The van der Waals surface area contributed by atoms with Gasteiger partial charge in [-0.3, -0.25) is 0 Å². The molecule has 0 aliphatic rings. The van der Waals surface area contributed by atoms with E-state index in [1.54, 1.807) is 30.3 Å². The van der Waals surface area contributed by atoms with Gasteiger partial charge in [0.25, 0.3) is 0 Å². The van der Waals surface area contributed by atoms with Crippen molar-refractivity contribution in [2.75, 3.05) is 20.6 Å². The van der Waals surface area contributed by atoms with Crippen LogP contribution in [0, 0.1) is 12.8 Å². The minimum atomic E-state index is -3.83. The van der Waals surface area contributed by atoms with Crippen LogP contribution in [0.25, 0.3) is 0 Å². The van der Waals surface area contributed by atoms with E-state index in [-0.39, 0.29) is 4.90 Å². The number of nitrogens with zero attached hydrogens (tertiary/aromatic N) is 1. The third-order valence-corrected chi connectivity index (χ3v) is 6.03. The van der Waals surface area contributed by atoms with Gasteiger partial charge in [-0.25, -0.2) is 9.59 Å². The average molecular weight is 466 g/mol. The molecule has 9 heteroatoms. The summed E-state index contributed by atoms with van der Waals surface area (Å²) in [5.74, 6) is -2.48. The van der Waals surface area contributed by atoms with Crippen LogP contribution in [0.1, 0.15) is 37.3 Å². The second kappa shape index (κ2) is 12.2. The maximum atomic E-state index is 12.5. The number of rotatable bonds is 8. The molecule has 0 bridgehead atoms. The molecule has 2 aromatic carbocycles. The number of hydrogen-bond acceptors (Lipinski definition) is 6. The number of aliphatic carboxylic acids is 2. The lowest BCUT2D eigenvalue weighted by Gasteiger charge is -2.26. The standard InChI is InChI=1S/C21H29NO3S.C2H2O4/c1-6-21(17(3)15-22(4)5)18-8-7-9-19(14-18)25-26(23,24)20-12-10-16(2)11-13-20;3-1(4)2(5)6/h7-14,17,21H,6,15H2,1-5H3;(H,3,4)(H,5,6)/t17-,21+;/m0./s1. The van der Waals surface area contributed by atoms with Crippen LogP contribution in [0.5, 0.6) is 5.75 Å². The summed E-state index contributed by atoms with van der Waals surface area (Å²) in [7, 11) is 0.306. The van der Waals surface area contributed by atoms with Crippen molar-refractivity contribution in [1.82, 2.24) is 4.90 Å². The van der Waals surface area contributed by atoms with Gasteiger partial charge in [-0.15, -0.1) is 0 Å². The average Bonchev–Trinajstić information content (AvgIpc) is 2.68. The molecule has 2 aromatic rings. The lowest BCUT2D eigenvalue weighted by molar-refractivity contribution is -0.159. The topological polar surface area (TPSA) is 121 Å². The molecule has 176 valence electrons. The third kappa shape index (κ3) is 8.68. The Balaban J connectivity index is 0.000000751. The van der Waals surface area contributed by atoms with E-state index in [1.165, 1.54) is 0 Å². The third-order valence-electron chi connectivity index (χ3n) is 4.76. The number of aryl methyl sites for hydroxylation is 1. The summed E-state index contributed by atoms with van der Waals surface area (Å²) >= 11 is 0. The molecule has 0 aliphatic heterocycles. The second-order valence-electron chi connectivity index (χ2n) is 7.79. The summed E-state index contributed by atoms with van der Waals surface area (Å²) in [6.07, 6.45) is 0.989. The molecule has 8 nitrogen and oxygen atoms in total. The summed E-state index contributed by atoms with van der Waals surface area (Å²) in [6.45, 7) is 7.28. The fourth-order valence-electron chi connectivity index (χ4n) is 3.35. The van der Waals surface area contributed by atoms with Gasteiger partial charge in [0.2, 0.25) is 0 Å². The molecular formula is C23H31NO7S. The molecule has 2 atom stereocenters. The summed E-state index contributed by atoms with van der Waals surface area (Å²) in [4.78, 5) is 20.5. The Morgan fingerprint density at radius 1 is 1.03 bits per heavy atom. The van der Waals surface area contributed by atoms with Crippen LogP contribution in [-0.2, 0) is 19.7 Å². The van der Waals surface area contributed by atoms with Crippen molar-refractivity contribution in [3.8, 4) is 5.75 Å². The van der Waals surface area contributed by atoms with Crippen LogP contribution in [0.3, 0.4) is 0 Å². The predicted molar refractivity (Wildman–Crippen MR) is 121 cm³/mol. The highest BCUT2D eigenvalue weighted by Crippen LogP contribution is 2.31. The van der Waals surface area contributed by atoms with Gasteiger partial charge < -0.3 is 19.3 Å². The van der Waals surface area contributed by atoms with Gasteiger partial charge in [0.15, 0.2) is 0 Å². The number of carbonyl (C=O) groups is 2. The van der Waals surface area contributed by atoms with Crippen molar-refractivity contribution in [2.24, 2.45) is 5.92 Å². The molecule has 0 amide bonds. The molecule has 2 N–H and O–H groups in total. The molecule has 0 fully saturated rings. The maximum Gasteiger partial charge on any atom is 0.414 e. The van der Waals surface area contributed by atoms with Crippen molar-refractivity contribution in [1.29, 1.82) is 0 Å². The highest BCUT2D eigenvalue weighted by atomic mass is 32.2. The molecular weight excluding hydrogens is 434 g/mol. The Morgan fingerprint density at radius 3 is 2.06 bits per heavy atom. The molecule has 0 spiro atoms. The zero-order valence-electron chi connectivity index (χ0n) is 19.0. The monoisotopic (exact) mass is 465 g/mol. The van der Waals surface area contributed by atoms with Gasteiger partial charge in [-0.05, 0) is 69.1 Å². The Morgan fingerprint density at radius 2 is 1.59 bits per heavy atom. The van der Waals surface area contributed by atoms with Crippen LogP contribution in [0.2, 0.25) is 0 Å². The lowest BCUT2D eigenvalue weighted by atomic mass is 9.85. The molecule has 0 unspecified atom stereocenters. The van der Waals surface area contributed by atoms with Crippen molar-refractivity contribution in [3.63, 3.8) is 0 Å². The molecule has 0 radical (unpaired) electrons. The van der Waals surface area contributed by atoms with Gasteiger partial charge in [0.1, 0.15) is 10.6 Å². The van der Waals surface area contributed by atoms with E-state index in [1.807, 2.05) is 25.1 Å². The van der Waals surface area contributed by atoms with Crippen molar-refractivity contribution in [2.45, 2.75) is 38.0 Å². The largest absolute Gasteiger partial charge is 0.473 e. The van der Waals surface area contributed by atoms with Crippen LogP contribution in [-0.4, -0.2) is 56.1 Å². The summed E-state index contributed by atoms with van der Waals surface area (Å²) in [5, 5.41) is 14.8. The number of carboxylic acid groups (broad SMARTS) is 2. The zero-order chi connectivity index (χ0) is 24.5. The van der Waals surface area contributed by atoms with E-state index in [4.69, 9.17) is 24.0 Å². The van der Waals surface area contributed by atoms with Gasteiger partial charge in [-0.2, -0.15) is 8.42 Å². The first kappa shape index (κ1) is 27.1. The van der Waals surface area contributed by atoms with Crippen molar-refractivity contribution < 1.29 is 32.4 Å². The SMILES string of the molecule is CC[C@@H](c1cccc(OS(=O)(=O)c2ccc(C)cc2)c1)[C@@H](C)CN(C)C.O=C(O)C(=O)O.